The van der Waals surface area contributed by atoms with Crippen LogP contribution in [0.3, 0.4) is 0 Å². The van der Waals surface area contributed by atoms with Gasteiger partial charge in [0.25, 0.3) is 0 Å². The Morgan fingerprint density at radius 2 is 1.67 bits per heavy atom. The maximum atomic E-state index is 11.3. The first-order valence-electron chi connectivity index (χ1n) is 7.42. The van der Waals surface area contributed by atoms with Crippen molar-refractivity contribution in [3.63, 3.8) is 0 Å². The molecule has 0 fully saturated rings. The molecule has 0 aromatic heterocycles. The van der Waals surface area contributed by atoms with Crippen molar-refractivity contribution in [3.8, 4) is 0 Å². The maximum Gasteiger partial charge on any atom is 0.238 e. The molecular formula is C17H21N3O2S2. The molecule has 0 radical (unpaired) electrons. The molecular weight excluding hydrogens is 342 g/mol. The summed E-state index contributed by atoms with van der Waals surface area (Å²) in [5.74, 6) is 0. The molecule has 3 N–H and O–H groups in total. The number of nitrogens with one attached hydrogen (secondary N) is 1. The molecule has 2 rings (SSSR count). The molecule has 0 aliphatic heterocycles. The molecule has 0 saturated carbocycles. The average Bonchev–Trinajstić information content (AvgIpc) is 2.55. The van der Waals surface area contributed by atoms with Crippen LogP contribution in [0.5, 0.6) is 0 Å². The van der Waals surface area contributed by atoms with Crippen molar-refractivity contribution >= 4 is 33.0 Å². The van der Waals surface area contributed by atoms with E-state index in [1.165, 1.54) is 17.7 Å². The van der Waals surface area contributed by atoms with Crippen LogP contribution in [0.25, 0.3) is 0 Å². The molecule has 0 unspecified atom stereocenters. The van der Waals surface area contributed by atoms with E-state index in [0.29, 0.717) is 5.11 Å². The van der Waals surface area contributed by atoms with Crippen LogP contribution in [0.15, 0.2) is 53.4 Å². The second-order valence-corrected chi connectivity index (χ2v) is 7.65. The molecule has 0 bridgehead atoms. The lowest BCUT2D eigenvalue weighted by atomic mass is 10.1. The Hall–Kier alpha value is -1.96. The van der Waals surface area contributed by atoms with Crippen LogP contribution in [0.1, 0.15) is 24.1 Å². The third-order valence-corrected chi connectivity index (χ3v) is 5.21. The van der Waals surface area contributed by atoms with Gasteiger partial charge in [-0.05, 0) is 55.9 Å². The van der Waals surface area contributed by atoms with Crippen molar-refractivity contribution in [2.75, 3.05) is 12.4 Å². The molecule has 0 amide bonds. The molecule has 2 aromatic carbocycles. The largest absolute Gasteiger partial charge is 0.345 e. The average molecular weight is 364 g/mol. The summed E-state index contributed by atoms with van der Waals surface area (Å²) in [6.45, 7) is 4.02. The number of hydrogen-bond acceptors (Lipinski definition) is 3. The molecule has 0 aliphatic rings. The molecule has 1 atom stereocenters. The topological polar surface area (TPSA) is 75.4 Å². The predicted octanol–water partition coefficient (Wildman–Crippen LogP) is 3.03. The molecule has 0 heterocycles. The quantitative estimate of drug-likeness (QED) is 0.817. The van der Waals surface area contributed by atoms with Crippen LogP contribution in [0.2, 0.25) is 0 Å². The van der Waals surface area contributed by atoms with E-state index in [0.717, 1.165) is 11.3 Å². The maximum absolute atomic E-state index is 11.3. The van der Waals surface area contributed by atoms with Gasteiger partial charge in [-0.25, -0.2) is 13.6 Å². The molecule has 0 saturated heterocycles. The zero-order chi connectivity index (χ0) is 17.9. The Morgan fingerprint density at radius 1 is 1.12 bits per heavy atom. The highest BCUT2D eigenvalue weighted by Gasteiger charge is 2.16. The SMILES string of the molecule is Cc1ccc(NC(=S)N(C)[C@H](C)c2ccc(S(N)(=O)=O)cc2)cc1. The summed E-state index contributed by atoms with van der Waals surface area (Å²) in [7, 11) is -1.79. The molecule has 5 nitrogen and oxygen atoms in total. The highest BCUT2D eigenvalue weighted by atomic mass is 32.2. The van der Waals surface area contributed by atoms with E-state index in [1.807, 2.05) is 50.1 Å². The van der Waals surface area contributed by atoms with Gasteiger partial charge in [-0.2, -0.15) is 0 Å². The minimum absolute atomic E-state index is 0.0232. The van der Waals surface area contributed by atoms with E-state index in [9.17, 15) is 8.42 Å². The van der Waals surface area contributed by atoms with Crippen molar-refractivity contribution in [1.82, 2.24) is 4.90 Å². The molecule has 24 heavy (non-hydrogen) atoms. The van der Waals surface area contributed by atoms with E-state index in [1.54, 1.807) is 12.1 Å². The summed E-state index contributed by atoms with van der Waals surface area (Å²) in [5.41, 5.74) is 3.05. The van der Waals surface area contributed by atoms with Gasteiger partial charge in [-0.3, -0.25) is 0 Å². The first kappa shape index (κ1) is 18.4. The van der Waals surface area contributed by atoms with Gasteiger partial charge in [0.2, 0.25) is 10.0 Å². The number of hydrogen-bond donors (Lipinski definition) is 2. The van der Waals surface area contributed by atoms with Crippen molar-refractivity contribution in [2.45, 2.75) is 24.8 Å². The fourth-order valence-electron chi connectivity index (χ4n) is 2.18. The number of anilines is 1. The number of primary sulfonamides is 1. The van der Waals surface area contributed by atoms with Crippen LogP contribution < -0.4 is 10.5 Å². The fraction of sp³-hybridized carbons (Fsp3) is 0.235. The fourth-order valence-corrected chi connectivity index (χ4v) is 2.98. The normalized spacial score (nSPS) is 12.5. The van der Waals surface area contributed by atoms with Crippen molar-refractivity contribution in [3.05, 3.63) is 59.7 Å². The Balaban J connectivity index is 2.09. The Labute approximate surface area is 148 Å². The molecule has 7 heteroatoms. The zero-order valence-corrected chi connectivity index (χ0v) is 15.5. The lowest BCUT2D eigenvalue weighted by Gasteiger charge is -2.28. The Kier molecular flexibility index (Phi) is 5.58. The highest BCUT2D eigenvalue weighted by molar-refractivity contribution is 7.89. The summed E-state index contributed by atoms with van der Waals surface area (Å²) in [6.07, 6.45) is 0. The van der Waals surface area contributed by atoms with Crippen LogP contribution >= 0.6 is 12.2 Å². The van der Waals surface area contributed by atoms with Gasteiger partial charge in [0.05, 0.1) is 10.9 Å². The van der Waals surface area contributed by atoms with Crippen molar-refractivity contribution < 1.29 is 8.42 Å². The third kappa shape index (κ3) is 4.53. The van der Waals surface area contributed by atoms with E-state index in [4.69, 9.17) is 17.4 Å². The number of rotatable bonds is 4. The van der Waals surface area contributed by atoms with Gasteiger partial charge in [0, 0.05) is 12.7 Å². The number of aryl methyl sites for hydroxylation is 1. The lowest BCUT2D eigenvalue weighted by molar-refractivity contribution is 0.408. The molecule has 0 spiro atoms. The van der Waals surface area contributed by atoms with Crippen LogP contribution in [-0.2, 0) is 10.0 Å². The second kappa shape index (κ2) is 7.29. The number of nitrogens with two attached hydrogens (primary N) is 1. The number of benzene rings is 2. The summed E-state index contributed by atoms with van der Waals surface area (Å²) >= 11 is 5.45. The molecule has 2 aromatic rings. The van der Waals surface area contributed by atoms with Gasteiger partial charge < -0.3 is 10.2 Å². The minimum atomic E-state index is -3.68. The van der Waals surface area contributed by atoms with Crippen molar-refractivity contribution in [2.24, 2.45) is 5.14 Å². The van der Waals surface area contributed by atoms with E-state index < -0.39 is 10.0 Å². The number of sulfonamides is 1. The number of nitrogens with zero attached hydrogens (tertiary/aromatic N) is 1. The standard InChI is InChI=1S/C17H21N3O2S2/c1-12-4-8-15(9-5-12)19-17(23)20(3)13(2)14-6-10-16(11-7-14)24(18,21)22/h4-11,13H,1-3H3,(H,19,23)(H2,18,21,22)/t13-/m1/s1. The highest BCUT2D eigenvalue weighted by Crippen LogP contribution is 2.21. The zero-order valence-electron chi connectivity index (χ0n) is 13.9. The monoisotopic (exact) mass is 363 g/mol. The first-order valence-corrected chi connectivity index (χ1v) is 9.37. The smallest absolute Gasteiger partial charge is 0.238 e. The summed E-state index contributed by atoms with van der Waals surface area (Å²) in [4.78, 5) is 2.02. The first-order chi connectivity index (χ1) is 11.2. The number of thiocarbonyl (C=S) groups is 1. The van der Waals surface area contributed by atoms with Gasteiger partial charge in [0.1, 0.15) is 0 Å². The van der Waals surface area contributed by atoms with E-state index in [-0.39, 0.29) is 10.9 Å². The lowest BCUT2D eigenvalue weighted by Crippen LogP contribution is -2.33. The third-order valence-electron chi connectivity index (χ3n) is 3.90. The minimum Gasteiger partial charge on any atom is -0.345 e. The summed E-state index contributed by atoms with van der Waals surface area (Å²) in [5, 5.41) is 8.90. The van der Waals surface area contributed by atoms with Gasteiger partial charge in [-0.1, -0.05) is 29.8 Å². The van der Waals surface area contributed by atoms with Crippen LogP contribution in [0.4, 0.5) is 5.69 Å². The summed E-state index contributed by atoms with van der Waals surface area (Å²) in [6, 6.07) is 14.5. The Morgan fingerprint density at radius 3 is 2.17 bits per heavy atom. The van der Waals surface area contributed by atoms with Crippen LogP contribution in [0, 0.1) is 6.92 Å². The molecule has 128 valence electrons. The van der Waals surface area contributed by atoms with E-state index in [2.05, 4.69) is 5.32 Å². The summed E-state index contributed by atoms with van der Waals surface area (Å²) < 4.78 is 22.6. The Bertz CT molecular complexity index is 816. The predicted molar refractivity (Wildman–Crippen MR) is 101 cm³/mol. The van der Waals surface area contributed by atoms with Crippen LogP contribution in [-0.4, -0.2) is 25.5 Å². The van der Waals surface area contributed by atoms with Crippen molar-refractivity contribution in [1.29, 1.82) is 0 Å². The van der Waals surface area contributed by atoms with Gasteiger partial charge in [-0.15, -0.1) is 0 Å². The van der Waals surface area contributed by atoms with Gasteiger partial charge >= 0.3 is 0 Å². The second-order valence-electron chi connectivity index (χ2n) is 5.70. The molecule has 0 aliphatic carbocycles. The van der Waals surface area contributed by atoms with Gasteiger partial charge in [0.15, 0.2) is 5.11 Å². The van der Waals surface area contributed by atoms with E-state index >= 15 is 0 Å².